The van der Waals surface area contributed by atoms with Gasteiger partial charge in [0.1, 0.15) is 18.1 Å². The highest BCUT2D eigenvalue weighted by Gasteiger charge is 2.19. The predicted molar refractivity (Wildman–Crippen MR) is 110 cm³/mol. The van der Waals surface area contributed by atoms with Crippen molar-refractivity contribution in [3.63, 3.8) is 0 Å². The summed E-state index contributed by atoms with van der Waals surface area (Å²) in [7, 11) is 1.66. The second kappa shape index (κ2) is 9.54. The molecule has 152 valence electrons. The first-order chi connectivity index (χ1) is 14.3. The molecule has 1 aliphatic rings. The average molecular weight is 394 g/mol. The third-order valence-electron chi connectivity index (χ3n) is 5.06. The first-order valence-electron chi connectivity index (χ1n) is 9.90. The summed E-state index contributed by atoms with van der Waals surface area (Å²) in [6, 6.07) is 17.6. The van der Waals surface area contributed by atoms with Crippen LogP contribution in [0.3, 0.4) is 0 Å². The van der Waals surface area contributed by atoms with Gasteiger partial charge in [-0.25, -0.2) is 0 Å². The number of rotatable bonds is 8. The molecule has 0 unspecified atom stereocenters. The van der Waals surface area contributed by atoms with E-state index in [0.717, 1.165) is 49.8 Å². The molecule has 2 heterocycles. The Morgan fingerprint density at radius 2 is 1.59 bits per heavy atom. The standard InChI is InChI=1S/C22H26N4O3/c1-27-19-7-9-20(10-8-19)28-16-15-25-11-13-26(14-12-25)17-21-23-22(24-29-21)18-5-3-2-4-6-18/h2-10H,11-17H2,1H3. The minimum Gasteiger partial charge on any atom is -0.497 e. The molecule has 0 radical (unpaired) electrons. The molecule has 1 aromatic heterocycles. The van der Waals surface area contributed by atoms with E-state index in [9.17, 15) is 0 Å². The Balaban J connectivity index is 1.18. The molecule has 0 amide bonds. The molecule has 0 saturated carbocycles. The summed E-state index contributed by atoms with van der Waals surface area (Å²) in [6.07, 6.45) is 0. The van der Waals surface area contributed by atoms with Gasteiger partial charge in [0, 0.05) is 38.3 Å². The average Bonchev–Trinajstić information content (AvgIpc) is 3.25. The lowest BCUT2D eigenvalue weighted by Gasteiger charge is -2.33. The number of hydrogen-bond donors (Lipinski definition) is 0. The lowest BCUT2D eigenvalue weighted by atomic mass is 10.2. The number of aromatic nitrogens is 2. The van der Waals surface area contributed by atoms with Crippen LogP contribution in [0.4, 0.5) is 0 Å². The molecule has 1 fully saturated rings. The Morgan fingerprint density at radius 1 is 0.897 bits per heavy atom. The largest absolute Gasteiger partial charge is 0.497 e. The van der Waals surface area contributed by atoms with Crippen LogP contribution in [0.15, 0.2) is 59.1 Å². The first kappa shape index (κ1) is 19.4. The quantitative estimate of drug-likeness (QED) is 0.582. The number of hydrogen-bond acceptors (Lipinski definition) is 7. The summed E-state index contributed by atoms with van der Waals surface area (Å²) >= 11 is 0. The summed E-state index contributed by atoms with van der Waals surface area (Å²) in [5, 5.41) is 4.10. The molecule has 0 spiro atoms. The van der Waals surface area contributed by atoms with Crippen molar-refractivity contribution < 1.29 is 14.0 Å². The maximum atomic E-state index is 5.83. The van der Waals surface area contributed by atoms with Gasteiger partial charge in [0.15, 0.2) is 0 Å². The van der Waals surface area contributed by atoms with E-state index in [1.807, 2.05) is 54.6 Å². The lowest BCUT2D eigenvalue weighted by molar-refractivity contribution is 0.104. The van der Waals surface area contributed by atoms with Crippen LogP contribution in [0.1, 0.15) is 5.89 Å². The number of nitrogens with zero attached hydrogens (tertiary/aromatic N) is 4. The highest BCUT2D eigenvalue weighted by molar-refractivity contribution is 5.53. The number of methoxy groups -OCH3 is 1. The third-order valence-corrected chi connectivity index (χ3v) is 5.06. The molecule has 1 saturated heterocycles. The number of benzene rings is 2. The van der Waals surface area contributed by atoms with E-state index < -0.39 is 0 Å². The molecule has 7 heteroatoms. The fourth-order valence-electron chi connectivity index (χ4n) is 3.35. The minimum atomic E-state index is 0.648. The van der Waals surface area contributed by atoms with Crippen LogP contribution >= 0.6 is 0 Å². The summed E-state index contributed by atoms with van der Waals surface area (Å²) in [5.41, 5.74) is 0.976. The van der Waals surface area contributed by atoms with Gasteiger partial charge in [-0.05, 0) is 24.3 Å². The van der Waals surface area contributed by atoms with Crippen molar-refractivity contribution >= 4 is 0 Å². The molecule has 0 bridgehead atoms. The first-order valence-corrected chi connectivity index (χ1v) is 9.90. The van der Waals surface area contributed by atoms with Gasteiger partial charge < -0.3 is 14.0 Å². The second-order valence-corrected chi connectivity index (χ2v) is 7.02. The summed E-state index contributed by atoms with van der Waals surface area (Å²) < 4.78 is 16.4. The van der Waals surface area contributed by atoms with Crippen LogP contribution in [0.25, 0.3) is 11.4 Å². The third kappa shape index (κ3) is 5.34. The predicted octanol–water partition coefficient (Wildman–Crippen LogP) is 2.94. The second-order valence-electron chi connectivity index (χ2n) is 7.02. The van der Waals surface area contributed by atoms with Gasteiger partial charge in [-0.2, -0.15) is 4.98 Å². The lowest BCUT2D eigenvalue weighted by Crippen LogP contribution is -2.47. The van der Waals surface area contributed by atoms with Crippen LogP contribution in [0, 0.1) is 0 Å². The number of piperazine rings is 1. The zero-order valence-electron chi connectivity index (χ0n) is 16.7. The van der Waals surface area contributed by atoms with Crippen molar-refractivity contribution in [3.8, 4) is 22.9 Å². The topological polar surface area (TPSA) is 63.9 Å². The van der Waals surface area contributed by atoms with Gasteiger partial charge in [-0.1, -0.05) is 35.5 Å². The van der Waals surface area contributed by atoms with E-state index in [2.05, 4.69) is 19.9 Å². The number of ether oxygens (including phenoxy) is 2. The molecule has 1 aliphatic heterocycles. The van der Waals surface area contributed by atoms with Crippen molar-refractivity contribution in [2.45, 2.75) is 6.54 Å². The zero-order valence-corrected chi connectivity index (χ0v) is 16.7. The van der Waals surface area contributed by atoms with Crippen molar-refractivity contribution in [1.29, 1.82) is 0 Å². The van der Waals surface area contributed by atoms with Crippen LogP contribution in [-0.2, 0) is 6.54 Å². The van der Waals surface area contributed by atoms with Crippen LogP contribution in [0.2, 0.25) is 0 Å². The van der Waals surface area contributed by atoms with Crippen molar-refractivity contribution in [2.75, 3.05) is 46.4 Å². The van der Waals surface area contributed by atoms with Crippen molar-refractivity contribution in [1.82, 2.24) is 19.9 Å². The van der Waals surface area contributed by atoms with Gasteiger partial charge >= 0.3 is 0 Å². The van der Waals surface area contributed by atoms with Crippen LogP contribution < -0.4 is 9.47 Å². The van der Waals surface area contributed by atoms with E-state index in [1.165, 1.54) is 0 Å². The normalized spacial score (nSPS) is 15.3. The monoisotopic (exact) mass is 394 g/mol. The molecule has 0 atom stereocenters. The fourth-order valence-corrected chi connectivity index (χ4v) is 3.35. The van der Waals surface area contributed by atoms with E-state index >= 15 is 0 Å². The SMILES string of the molecule is COc1ccc(OCCN2CCN(Cc3nc(-c4ccccc4)no3)CC2)cc1. The van der Waals surface area contributed by atoms with Gasteiger partial charge in [0.25, 0.3) is 0 Å². The van der Waals surface area contributed by atoms with Crippen LogP contribution in [0.5, 0.6) is 11.5 Å². The molecule has 0 aliphatic carbocycles. The molecule has 3 aromatic rings. The Bertz CT molecular complexity index is 875. The van der Waals surface area contributed by atoms with Crippen molar-refractivity contribution in [2.24, 2.45) is 0 Å². The molecule has 7 nitrogen and oxygen atoms in total. The smallest absolute Gasteiger partial charge is 0.241 e. The summed E-state index contributed by atoms with van der Waals surface area (Å²) in [5.74, 6) is 3.02. The van der Waals surface area contributed by atoms with E-state index in [-0.39, 0.29) is 0 Å². The highest BCUT2D eigenvalue weighted by atomic mass is 16.5. The maximum Gasteiger partial charge on any atom is 0.241 e. The molecule has 0 N–H and O–H groups in total. The van der Waals surface area contributed by atoms with E-state index in [0.29, 0.717) is 24.9 Å². The molecular weight excluding hydrogens is 368 g/mol. The van der Waals surface area contributed by atoms with Crippen LogP contribution in [-0.4, -0.2) is 66.4 Å². The maximum absolute atomic E-state index is 5.83. The van der Waals surface area contributed by atoms with Gasteiger partial charge in [-0.15, -0.1) is 0 Å². The van der Waals surface area contributed by atoms with Gasteiger partial charge in [0.05, 0.1) is 13.7 Å². The van der Waals surface area contributed by atoms with E-state index in [1.54, 1.807) is 7.11 Å². The fraction of sp³-hybridized carbons (Fsp3) is 0.364. The molecule has 4 rings (SSSR count). The molecular formula is C22H26N4O3. The van der Waals surface area contributed by atoms with Crippen molar-refractivity contribution in [3.05, 3.63) is 60.5 Å². The Labute approximate surface area is 170 Å². The summed E-state index contributed by atoms with van der Waals surface area (Å²) in [4.78, 5) is 9.30. The van der Waals surface area contributed by atoms with E-state index in [4.69, 9.17) is 14.0 Å². The Morgan fingerprint density at radius 3 is 2.31 bits per heavy atom. The zero-order chi connectivity index (χ0) is 19.9. The minimum absolute atomic E-state index is 0.648. The molecule has 29 heavy (non-hydrogen) atoms. The van der Waals surface area contributed by atoms with Gasteiger partial charge in [-0.3, -0.25) is 9.80 Å². The molecule has 2 aromatic carbocycles. The summed E-state index contributed by atoms with van der Waals surface area (Å²) in [6.45, 7) is 6.25. The van der Waals surface area contributed by atoms with Gasteiger partial charge in [0.2, 0.25) is 11.7 Å². The Hall–Kier alpha value is -2.90. The Kier molecular flexibility index (Phi) is 6.38. The highest BCUT2D eigenvalue weighted by Crippen LogP contribution is 2.18.